The van der Waals surface area contributed by atoms with Crippen molar-refractivity contribution in [3.8, 4) is 22.7 Å². The lowest BCUT2D eigenvalue weighted by atomic mass is 10.1. The van der Waals surface area contributed by atoms with Gasteiger partial charge < -0.3 is 9.73 Å². The number of nitrogens with zero attached hydrogens (tertiary/aromatic N) is 1. The van der Waals surface area contributed by atoms with Crippen molar-refractivity contribution in [3.05, 3.63) is 82.8 Å². The number of amides is 1. The fourth-order valence-corrected chi connectivity index (χ4v) is 2.52. The summed E-state index contributed by atoms with van der Waals surface area (Å²) in [6, 6.07) is 15.8. The highest BCUT2D eigenvalue weighted by Gasteiger charge is 2.14. The molecular weight excluding hydrogens is 353 g/mol. The molecule has 2 aromatic heterocycles. The first-order chi connectivity index (χ1) is 13.1. The number of H-pyrrole nitrogens is 1. The Morgan fingerprint density at radius 2 is 1.81 bits per heavy atom. The van der Waals surface area contributed by atoms with Crippen LogP contribution in [0.1, 0.15) is 10.6 Å². The second-order valence-electron chi connectivity index (χ2n) is 5.62. The Balaban J connectivity index is 1.50. The third-order valence-electron chi connectivity index (χ3n) is 3.83. The average Bonchev–Trinajstić information content (AvgIpc) is 3.32. The number of anilines is 1. The molecule has 2 heterocycles. The van der Waals surface area contributed by atoms with Crippen LogP contribution in [0.4, 0.5) is 10.1 Å². The molecule has 0 atom stereocenters. The Bertz CT molecular complexity index is 1160. The van der Waals surface area contributed by atoms with Crippen LogP contribution in [-0.2, 0) is 0 Å². The van der Waals surface area contributed by atoms with Crippen LogP contribution in [0.5, 0.6) is 0 Å². The van der Waals surface area contributed by atoms with Gasteiger partial charge in [0, 0.05) is 11.3 Å². The van der Waals surface area contributed by atoms with Crippen molar-refractivity contribution in [2.75, 3.05) is 5.32 Å². The maximum Gasteiger partial charge on any atom is 0.439 e. The third kappa shape index (κ3) is 3.40. The Morgan fingerprint density at radius 3 is 2.52 bits per heavy atom. The molecule has 0 fully saturated rings. The Hall–Kier alpha value is -3.94. The van der Waals surface area contributed by atoms with Crippen molar-refractivity contribution < 1.29 is 18.1 Å². The molecule has 0 aliphatic rings. The maximum absolute atomic E-state index is 13.8. The number of carbonyl (C=O) groups excluding carboxylic acids is 1. The predicted octanol–water partition coefficient (Wildman–Crippen LogP) is 3.68. The van der Waals surface area contributed by atoms with Crippen molar-refractivity contribution in [2.45, 2.75) is 0 Å². The number of aromatic nitrogens is 2. The summed E-state index contributed by atoms with van der Waals surface area (Å²) in [6.07, 6.45) is 0. The zero-order valence-electron chi connectivity index (χ0n) is 13.7. The highest BCUT2D eigenvalue weighted by atomic mass is 19.1. The molecule has 1 amide bonds. The summed E-state index contributed by atoms with van der Waals surface area (Å²) in [5.41, 5.74) is 1.42. The molecule has 8 heteroatoms. The molecule has 0 saturated carbocycles. The molecule has 0 aliphatic carbocycles. The Kier molecular flexibility index (Phi) is 4.13. The molecule has 27 heavy (non-hydrogen) atoms. The molecule has 7 nitrogen and oxygen atoms in total. The number of furan rings is 1. The first-order valence-electron chi connectivity index (χ1n) is 7.93. The highest BCUT2D eigenvalue weighted by Crippen LogP contribution is 2.25. The first-order valence-corrected chi connectivity index (χ1v) is 7.93. The van der Waals surface area contributed by atoms with Crippen LogP contribution in [0.25, 0.3) is 22.7 Å². The average molecular weight is 365 g/mol. The van der Waals surface area contributed by atoms with Gasteiger partial charge in [0.2, 0.25) is 0 Å². The van der Waals surface area contributed by atoms with Gasteiger partial charge in [-0.15, -0.1) is 0 Å². The monoisotopic (exact) mass is 365 g/mol. The molecule has 0 unspecified atom stereocenters. The number of nitrogens with one attached hydrogen (secondary N) is 2. The second kappa shape index (κ2) is 6.75. The number of carbonyl (C=O) groups is 1. The second-order valence-corrected chi connectivity index (χ2v) is 5.62. The molecule has 0 saturated heterocycles. The van der Waals surface area contributed by atoms with E-state index in [1.165, 1.54) is 18.2 Å². The molecule has 2 N–H and O–H groups in total. The normalized spacial score (nSPS) is 10.7. The molecule has 0 radical (unpaired) electrons. The minimum atomic E-state index is -0.647. The van der Waals surface area contributed by atoms with E-state index in [0.717, 1.165) is 0 Å². The van der Waals surface area contributed by atoms with Crippen LogP contribution in [0.3, 0.4) is 0 Å². The Morgan fingerprint density at radius 1 is 1.04 bits per heavy atom. The van der Waals surface area contributed by atoms with Crippen molar-refractivity contribution in [3.63, 3.8) is 0 Å². The van der Waals surface area contributed by atoms with Gasteiger partial charge >= 0.3 is 5.76 Å². The first kappa shape index (κ1) is 16.5. The maximum atomic E-state index is 13.8. The van der Waals surface area contributed by atoms with Crippen molar-refractivity contribution in [1.29, 1.82) is 0 Å². The zero-order valence-corrected chi connectivity index (χ0v) is 13.7. The van der Waals surface area contributed by atoms with E-state index in [9.17, 15) is 14.0 Å². The van der Waals surface area contributed by atoms with Gasteiger partial charge in [-0.2, -0.15) is 0 Å². The fourth-order valence-electron chi connectivity index (χ4n) is 2.52. The lowest BCUT2D eigenvalue weighted by Gasteiger charge is -2.04. The minimum Gasteiger partial charge on any atom is -0.451 e. The van der Waals surface area contributed by atoms with Gasteiger partial charge in [0.25, 0.3) is 5.91 Å². The smallest absolute Gasteiger partial charge is 0.439 e. The van der Waals surface area contributed by atoms with Crippen LogP contribution in [0.15, 0.2) is 74.4 Å². The van der Waals surface area contributed by atoms with E-state index < -0.39 is 17.5 Å². The van der Waals surface area contributed by atoms with Gasteiger partial charge in [0.15, 0.2) is 11.6 Å². The number of hydrogen-bond acceptors (Lipinski definition) is 5. The molecule has 0 spiro atoms. The van der Waals surface area contributed by atoms with Gasteiger partial charge in [-0.1, -0.05) is 17.3 Å². The van der Waals surface area contributed by atoms with Crippen molar-refractivity contribution in [2.24, 2.45) is 0 Å². The number of hydrogen-bond donors (Lipinski definition) is 2. The van der Waals surface area contributed by atoms with E-state index in [4.69, 9.17) is 4.42 Å². The summed E-state index contributed by atoms with van der Waals surface area (Å²) in [7, 11) is 0. The van der Waals surface area contributed by atoms with Gasteiger partial charge in [-0.25, -0.2) is 9.18 Å². The molecule has 134 valence electrons. The Labute approximate surface area is 151 Å². The number of halogens is 1. The van der Waals surface area contributed by atoms with Crippen molar-refractivity contribution in [1.82, 2.24) is 10.1 Å². The largest absolute Gasteiger partial charge is 0.451 e. The van der Waals surface area contributed by atoms with E-state index in [0.29, 0.717) is 17.1 Å². The van der Waals surface area contributed by atoms with Crippen LogP contribution in [0.2, 0.25) is 0 Å². The molecular formula is C19H12FN3O4. The summed E-state index contributed by atoms with van der Waals surface area (Å²) in [5, 5.41) is 6.27. The van der Waals surface area contributed by atoms with Gasteiger partial charge in [-0.3, -0.25) is 14.3 Å². The molecule has 4 aromatic rings. The summed E-state index contributed by atoms with van der Waals surface area (Å²) in [4.78, 5) is 25.7. The van der Waals surface area contributed by atoms with E-state index in [1.54, 1.807) is 42.5 Å². The molecule has 2 aromatic carbocycles. The van der Waals surface area contributed by atoms with E-state index in [-0.39, 0.29) is 17.1 Å². The van der Waals surface area contributed by atoms with Gasteiger partial charge in [-0.05, 0) is 48.5 Å². The number of rotatable bonds is 4. The van der Waals surface area contributed by atoms with Gasteiger partial charge in [0.05, 0.1) is 5.56 Å². The minimum absolute atomic E-state index is 0.0539. The SMILES string of the molecule is O=C(Nc1ccc(-c2noc(=O)[nH]2)cc1)c1ccc(-c2ccccc2F)o1. The van der Waals surface area contributed by atoms with E-state index >= 15 is 0 Å². The lowest BCUT2D eigenvalue weighted by Crippen LogP contribution is -2.10. The fraction of sp³-hybridized carbons (Fsp3) is 0. The zero-order chi connectivity index (χ0) is 18.8. The predicted molar refractivity (Wildman–Crippen MR) is 94.6 cm³/mol. The molecule has 0 aliphatic heterocycles. The van der Waals surface area contributed by atoms with Crippen molar-refractivity contribution >= 4 is 11.6 Å². The highest BCUT2D eigenvalue weighted by molar-refractivity contribution is 6.02. The summed E-state index contributed by atoms with van der Waals surface area (Å²) in [5.74, 6) is -0.938. The van der Waals surface area contributed by atoms with E-state index in [2.05, 4.69) is 20.0 Å². The van der Waals surface area contributed by atoms with E-state index in [1.807, 2.05) is 0 Å². The van der Waals surface area contributed by atoms with Crippen LogP contribution in [0, 0.1) is 5.82 Å². The molecule has 0 bridgehead atoms. The van der Waals surface area contributed by atoms with Crippen LogP contribution < -0.4 is 11.1 Å². The summed E-state index contributed by atoms with van der Waals surface area (Å²) >= 11 is 0. The topological polar surface area (TPSA) is 101 Å². The lowest BCUT2D eigenvalue weighted by molar-refractivity contribution is 0.0997. The standard InChI is InChI=1S/C19H12FN3O4/c20-14-4-2-1-3-13(14)15-9-10-16(26-15)18(24)21-12-7-5-11(6-8-12)17-22-19(25)27-23-17/h1-10H,(H,21,24)(H,22,23,25). The summed E-state index contributed by atoms with van der Waals surface area (Å²) in [6.45, 7) is 0. The van der Waals surface area contributed by atoms with Gasteiger partial charge in [0.1, 0.15) is 11.6 Å². The third-order valence-corrected chi connectivity index (χ3v) is 3.83. The molecule has 4 rings (SSSR count). The number of aromatic amines is 1. The summed E-state index contributed by atoms with van der Waals surface area (Å²) < 4.78 is 23.7. The van der Waals surface area contributed by atoms with Crippen LogP contribution >= 0.6 is 0 Å². The van der Waals surface area contributed by atoms with Crippen LogP contribution in [-0.4, -0.2) is 16.0 Å². The number of benzene rings is 2. The quantitative estimate of drug-likeness (QED) is 0.574.